The first-order valence-corrected chi connectivity index (χ1v) is 11.6. The van der Waals surface area contributed by atoms with Gasteiger partial charge in [-0.05, 0) is 46.8 Å². The van der Waals surface area contributed by atoms with Gasteiger partial charge in [0.25, 0.3) is 0 Å². The molecule has 35 heavy (non-hydrogen) atoms. The summed E-state index contributed by atoms with van der Waals surface area (Å²) in [7, 11) is 3.34. The van der Waals surface area contributed by atoms with E-state index in [4.69, 9.17) is 14.6 Å². The van der Waals surface area contributed by atoms with Crippen molar-refractivity contribution in [1.82, 2.24) is 9.78 Å². The Morgan fingerprint density at radius 2 is 1.20 bits per heavy atom. The summed E-state index contributed by atoms with van der Waals surface area (Å²) in [6.07, 6.45) is 0. The van der Waals surface area contributed by atoms with Crippen LogP contribution in [0.5, 0.6) is 11.5 Å². The molecule has 6 aromatic rings. The fourth-order valence-electron chi connectivity index (χ4n) is 4.77. The van der Waals surface area contributed by atoms with E-state index in [1.54, 1.807) is 14.2 Å². The van der Waals surface area contributed by atoms with Crippen LogP contribution in [0.25, 0.3) is 49.7 Å². The van der Waals surface area contributed by atoms with Crippen molar-refractivity contribution in [2.24, 2.45) is 0 Å². The molecule has 0 spiro atoms. The molecule has 0 aliphatic heterocycles. The summed E-state index contributed by atoms with van der Waals surface area (Å²) in [4.78, 5) is 0. The van der Waals surface area contributed by atoms with Crippen molar-refractivity contribution in [3.05, 3.63) is 109 Å². The predicted molar refractivity (Wildman–Crippen MR) is 143 cm³/mol. The van der Waals surface area contributed by atoms with Crippen molar-refractivity contribution in [2.75, 3.05) is 14.2 Å². The van der Waals surface area contributed by atoms with Crippen LogP contribution in [0.1, 0.15) is 0 Å². The molecule has 6 rings (SSSR count). The number of ether oxygens (including phenoxy) is 2. The summed E-state index contributed by atoms with van der Waals surface area (Å²) < 4.78 is 13.4. The zero-order chi connectivity index (χ0) is 23.8. The van der Waals surface area contributed by atoms with Crippen LogP contribution in [0.15, 0.2) is 109 Å². The third-order valence-corrected chi connectivity index (χ3v) is 6.40. The molecule has 1 aromatic heterocycles. The summed E-state index contributed by atoms with van der Waals surface area (Å²) in [6, 6.07) is 37.5. The largest absolute Gasteiger partial charge is 0.493 e. The molecule has 0 amide bonds. The van der Waals surface area contributed by atoms with Crippen LogP contribution in [0.4, 0.5) is 0 Å². The maximum atomic E-state index is 5.69. The van der Waals surface area contributed by atoms with Gasteiger partial charge in [-0.3, -0.25) is 0 Å². The van der Waals surface area contributed by atoms with Crippen molar-refractivity contribution in [3.63, 3.8) is 0 Å². The van der Waals surface area contributed by atoms with E-state index in [0.29, 0.717) is 11.5 Å². The molecule has 0 unspecified atom stereocenters. The third kappa shape index (κ3) is 3.51. The number of hydrogen-bond acceptors (Lipinski definition) is 3. The van der Waals surface area contributed by atoms with Crippen LogP contribution in [0, 0.1) is 0 Å². The highest BCUT2D eigenvalue weighted by molar-refractivity contribution is 6.17. The lowest BCUT2D eigenvalue weighted by atomic mass is 9.93. The zero-order valence-corrected chi connectivity index (χ0v) is 19.6. The molecule has 0 aliphatic carbocycles. The first-order chi connectivity index (χ1) is 17.3. The second-order valence-electron chi connectivity index (χ2n) is 8.40. The summed E-state index contributed by atoms with van der Waals surface area (Å²) in [5.74, 6) is 1.39. The number of methoxy groups -OCH3 is 2. The van der Waals surface area contributed by atoms with Crippen LogP contribution in [0.3, 0.4) is 0 Å². The summed E-state index contributed by atoms with van der Waals surface area (Å²) >= 11 is 0. The SMILES string of the molecule is COc1cc2cc(-c3ccccc3)c3c(-c4ccccc4)nn(-c4ccccc4)c3c2cc1OC. The summed E-state index contributed by atoms with van der Waals surface area (Å²) in [5, 5.41) is 8.42. The number of fused-ring (bicyclic) bond motifs is 3. The lowest BCUT2D eigenvalue weighted by Gasteiger charge is -2.14. The van der Waals surface area contributed by atoms with Gasteiger partial charge in [0, 0.05) is 16.3 Å². The summed E-state index contributed by atoms with van der Waals surface area (Å²) in [6.45, 7) is 0. The fourth-order valence-corrected chi connectivity index (χ4v) is 4.77. The molecule has 0 radical (unpaired) electrons. The highest BCUT2D eigenvalue weighted by atomic mass is 16.5. The third-order valence-electron chi connectivity index (χ3n) is 6.40. The van der Waals surface area contributed by atoms with Gasteiger partial charge < -0.3 is 9.47 Å². The Labute approximate surface area is 204 Å². The lowest BCUT2D eigenvalue weighted by molar-refractivity contribution is 0.356. The van der Waals surface area contributed by atoms with Crippen molar-refractivity contribution < 1.29 is 9.47 Å². The minimum Gasteiger partial charge on any atom is -0.493 e. The van der Waals surface area contributed by atoms with Crippen molar-refractivity contribution >= 4 is 21.7 Å². The smallest absolute Gasteiger partial charge is 0.161 e. The Kier molecular flexibility index (Phi) is 5.19. The van der Waals surface area contributed by atoms with E-state index >= 15 is 0 Å². The van der Waals surface area contributed by atoms with E-state index in [1.165, 1.54) is 0 Å². The van der Waals surface area contributed by atoms with Crippen LogP contribution >= 0.6 is 0 Å². The molecule has 1 heterocycles. The van der Waals surface area contributed by atoms with E-state index in [0.717, 1.165) is 49.7 Å². The molecule has 4 heteroatoms. The van der Waals surface area contributed by atoms with Gasteiger partial charge in [0.1, 0.15) is 5.69 Å². The highest BCUT2D eigenvalue weighted by Gasteiger charge is 2.22. The molecule has 0 atom stereocenters. The van der Waals surface area contributed by atoms with Crippen molar-refractivity contribution in [2.45, 2.75) is 0 Å². The highest BCUT2D eigenvalue weighted by Crippen LogP contribution is 2.44. The maximum absolute atomic E-state index is 5.69. The van der Waals surface area contributed by atoms with Crippen LogP contribution in [-0.4, -0.2) is 24.0 Å². The van der Waals surface area contributed by atoms with E-state index in [2.05, 4.69) is 77.5 Å². The summed E-state index contributed by atoms with van der Waals surface area (Å²) in [5.41, 5.74) is 6.32. The molecule has 0 saturated heterocycles. The average Bonchev–Trinajstić information content (AvgIpc) is 3.34. The monoisotopic (exact) mass is 456 g/mol. The number of para-hydroxylation sites is 1. The number of benzene rings is 5. The molecule has 170 valence electrons. The lowest BCUT2D eigenvalue weighted by Crippen LogP contribution is -1.97. The molecular weight excluding hydrogens is 432 g/mol. The normalized spacial score (nSPS) is 11.1. The van der Waals surface area contributed by atoms with Crippen molar-refractivity contribution in [1.29, 1.82) is 0 Å². The Morgan fingerprint density at radius 1 is 0.629 bits per heavy atom. The molecule has 0 bridgehead atoms. The molecule has 0 fully saturated rings. The molecular formula is C31H24N2O2. The second kappa shape index (κ2) is 8.65. The number of aromatic nitrogens is 2. The molecule has 5 aromatic carbocycles. The molecule has 0 saturated carbocycles. The minimum absolute atomic E-state index is 0.691. The molecule has 4 nitrogen and oxygen atoms in total. The molecule has 0 aliphatic rings. The van der Waals surface area contributed by atoms with Gasteiger partial charge in [-0.2, -0.15) is 5.10 Å². The number of hydrogen-bond donors (Lipinski definition) is 0. The van der Waals surface area contributed by atoms with E-state index in [-0.39, 0.29) is 0 Å². The fraction of sp³-hybridized carbons (Fsp3) is 0.0645. The van der Waals surface area contributed by atoms with Gasteiger partial charge in [-0.15, -0.1) is 0 Å². The first kappa shape index (κ1) is 21.0. The van der Waals surface area contributed by atoms with Gasteiger partial charge in [0.05, 0.1) is 25.4 Å². The standard InChI is InChI=1S/C31H24N2O2/c1-34-27-19-23-18-25(21-12-6-3-7-13-21)29-30(22-14-8-4-9-15-22)32-33(24-16-10-5-11-17-24)31(29)26(23)20-28(27)35-2/h3-20H,1-2H3. The van der Waals surface area contributed by atoms with Gasteiger partial charge in [-0.1, -0.05) is 78.9 Å². The Bertz CT molecular complexity index is 1640. The number of rotatable bonds is 5. The Balaban J connectivity index is 1.84. The Morgan fingerprint density at radius 3 is 1.83 bits per heavy atom. The van der Waals surface area contributed by atoms with Gasteiger partial charge in [0.2, 0.25) is 0 Å². The molecule has 0 N–H and O–H groups in total. The van der Waals surface area contributed by atoms with Crippen LogP contribution < -0.4 is 9.47 Å². The minimum atomic E-state index is 0.691. The van der Waals surface area contributed by atoms with Crippen molar-refractivity contribution in [3.8, 4) is 39.6 Å². The zero-order valence-electron chi connectivity index (χ0n) is 19.6. The van der Waals surface area contributed by atoms with Crippen LogP contribution in [0.2, 0.25) is 0 Å². The van der Waals surface area contributed by atoms with E-state index in [9.17, 15) is 0 Å². The van der Waals surface area contributed by atoms with E-state index < -0.39 is 0 Å². The Hall–Kier alpha value is -4.57. The van der Waals surface area contributed by atoms with Crippen LogP contribution in [-0.2, 0) is 0 Å². The number of nitrogens with zero attached hydrogens (tertiary/aromatic N) is 2. The predicted octanol–water partition coefficient (Wildman–Crippen LogP) is 7.53. The van der Waals surface area contributed by atoms with Gasteiger partial charge in [-0.25, -0.2) is 4.68 Å². The topological polar surface area (TPSA) is 36.3 Å². The van der Waals surface area contributed by atoms with Gasteiger partial charge in [0.15, 0.2) is 11.5 Å². The quantitative estimate of drug-likeness (QED) is 0.269. The first-order valence-electron chi connectivity index (χ1n) is 11.6. The maximum Gasteiger partial charge on any atom is 0.161 e. The second-order valence-corrected chi connectivity index (χ2v) is 8.40. The van der Waals surface area contributed by atoms with Gasteiger partial charge >= 0.3 is 0 Å². The average molecular weight is 457 g/mol. The van der Waals surface area contributed by atoms with E-state index in [1.807, 2.05) is 36.4 Å².